The first-order valence-electron chi connectivity index (χ1n) is 16.8. The van der Waals surface area contributed by atoms with Crippen molar-refractivity contribution in [3.05, 3.63) is 81.8 Å². The van der Waals surface area contributed by atoms with E-state index in [1.54, 1.807) is 9.80 Å². The van der Waals surface area contributed by atoms with Gasteiger partial charge in [0.2, 0.25) is 15.9 Å². The van der Waals surface area contributed by atoms with Gasteiger partial charge in [0.25, 0.3) is 0 Å². The molecule has 15 heteroatoms. The Hall–Kier alpha value is -3.89. The highest BCUT2D eigenvalue weighted by Gasteiger charge is 2.40. The fourth-order valence-electron chi connectivity index (χ4n) is 6.03. The van der Waals surface area contributed by atoms with Crippen molar-refractivity contribution in [3.8, 4) is 0 Å². The van der Waals surface area contributed by atoms with Gasteiger partial charge in [-0.2, -0.15) is 4.31 Å². The number of thiazole rings is 1. The Kier molecular flexibility index (Phi) is 13.9. The topological polar surface area (TPSA) is 168 Å². The van der Waals surface area contributed by atoms with Crippen molar-refractivity contribution >= 4 is 39.5 Å². The molecule has 4 rings (SSSR count). The molecule has 0 bridgehead atoms. The lowest BCUT2D eigenvalue weighted by molar-refractivity contribution is -0.128. The average molecular weight is 728 g/mol. The van der Waals surface area contributed by atoms with Crippen molar-refractivity contribution in [1.29, 1.82) is 0 Å². The Labute approximate surface area is 299 Å². The molecule has 1 fully saturated rings. The second kappa shape index (κ2) is 17.9. The maximum atomic E-state index is 14.1. The van der Waals surface area contributed by atoms with Crippen LogP contribution >= 0.6 is 11.3 Å². The van der Waals surface area contributed by atoms with Crippen molar-refractivity contribution in [2.75, 3.05) is 33.2 Å². The molecular weight excluding hydrogens is 679 g/mol. The van der Waals surface area contributed by atoms with Gasteiger partial charge >= 0.3 is 6.03 Å². The predicted octanol–water partition coefficient (Wildman–Crippen LogP) is 3.37. The van der Waals surface area contributed by atoms with E-state index in [9.17, 15) is 23.1 Å². The summed E-state index contributed by atoms with van der Waals surface area (Å²) >= 11 is 1.53. The molecule has 0 unspecified atom stereocenters. The Balaban J connectivity index is 1.55. The summed E-state index contributed by atoms with van der Waals surface area (Å²) in [6.07, 6.45) is 0.147. The number of nitrogens with one attached hydrogen (secondary N) is 2. The Morgan fingerprint density at radius 1 is 1.08 bits per heavy atom. The molecule has 50 heavy (non-hydrogen) atoms. The molecule has 1 aromatic heterocycles. The minimum absolute atomic E-state index is 0.0250. The average Bonchev–Trinajstić information content (AvgIpc) is 3.67. The summed E-state index contributed by atoms with van der Waals surface area (Å²) in [5, 5.41) is 32.5. The largest absolute Gasteiger partial charge is 0.411 e. The number of aromatic nitrogens is 1. The van der Waals surface area contributed by atoms with Gasteiger partial charge in [-0.25, -0.2) is 18.2 Å². The van der Waals surface area contributed by atoms with Gasteiger partial charge in [0.05, 0.1) is 35.5 Å². The molecule has 0 radical (unpaired) electrons. The van der Waals surface area contributed by atoms with Crippen LogP contribution in [0.15, 0.2) is 70.0 Å². The Bertz CT molecular complexity index is 1680. The standard InChI is InChI=1S/C35H49N7O6S2/c1-24(2)20-41(50(47,48)29-13-11-27(12-14-29)18-37-46)22-31(43)30(17-26-9-7-6-8-10-26)39-34(44)33(25(3)4)42-16-15-40(35(42)45)21-28-23-49-32(38-28)19-36-5/h6-14,18,23-25,30-31,33,36,43,46H,15-17,19-22H2,1-5H3,(H,39,44)/t30-,31+,33-/m0/s1. The molecule has 13 nitrogen and oxygen atoms in total. The molecule has 0 spiro atoms. The van der Waals surface area contributed by atoms with Crippen LogP contribution in [0, 0.1) is 11.8 Å². The van der Waals surface area contributed by atoms with Gasteiger partial charge in [0, 0.05) is 38.1 Å². The van der Waals surface area contributed by atoms with Crippen LogP contribution in [-0.4, -0.2) is 107 Å². The molecule has 2 aromatic carbocycles. The number of oxime groups is 1. The van der Waals surface area contributed by atoms with E-state index in [0.717, 1.165) is 16.3 Å². The zero-order chi connectivity index (χ0) is 36.4. The van der Waals surface area contributed by atoms with Crippen molar-refractivity contribution < 1.29 is 28.3 Å². The van der Waals surface area contributed by atoms with Crippen LogP contribution in [-0.2, 0) is 34.3 Å². The summed E-state index contributed by atoms with van der Waals surface area (Å²) in [4.78, 5) is 35.7. The molecule has 0 aliphatic carbocycles. The normalized spacial score (nSPS) is 15.8. The summed E-state index contributed by atoms with van der Waals surface area (Å²) in [6, 6.07) is 13.3. The van der Waals surface area contributed by atoms with Gasteiger partial charge in [-0.1, -0.05) is 75.3 Å². The van der Waals surface area contributed by atoms with Crippen molar-refractivity contribution in [3.63, 3.8) is 0 Å². The van der Waals surface area contributed by atoms with Crippen LogP contribution in [0.3, 0.4) is 0 Å². The molecule has 0 saturated carbocycles. The van der Waals surface area contributed by atoms with E-state index in [2.05, 4.69) is 20.8 Å². The van der Waals surface area contributed by atoms with Crippen LogP contribution < -0.4 is 10.6 Å². The molecule has 3 atom stereocenters. The van der Waals surface area contributed by atoms with Crippen LogP contribution in [0.4, 0.5) is 4.79 Å². The third-order valence-corrected chi connectivity index (χ3v) is 11.2. The second-order valence-corrected chi connectivity index (χ2v) is 16.1. The number of rotatable bonds is 18. The lowest BCUT2D eigenvalue weighted by Gasteiger charge is -2.34. The summed E-state index contributed by atoms with van der Waals surface area (Å²) < 4.78 is 29.0. The first kappa shape index (κ1) is 38.9. The lowest BCUT2D eigenvalue weighted by atomic mass is 9.97. The Morgan fingerprint density at radius 2 is 1.78 bits per heavy atom. The van der Waals surface area contributed by atoms with E-state index >= 15 is 0 Å². The number of urea groups is 1. The van der Waals surface area contributed by atoms with Gasteiger partial charge < -0.3 is 30.7 Å². The smallest absolute Gasteiger partial charge is 0.321 e. The first-order chi connectivity index (χ1) is 23.8. The molecule has 1 aliphatic heterocycles. The van der Waals surface area contributed by atoms with Gasteiger partial charge in [0.1, 0.15) is 11.0 Å². The maximum Gasteiger partial charge on any atom is 0.321 e. The highest BCUT2D eigenvalue weighted by Crippen LogP contribution is 2.23. The highest BCUT2D eigenvalue weighted by atomic mass is 32.2. The monoisotopic (exact) mass is 727 g/mol. The van der Waals surface area contributed by atoms with Crippen LogP contribution in [0.25, 0.3) is 0 Å². The number of amides is 3. The number of carbonyl (C=O) groups is 2. The maximum absolute atomic E-state index is 14.1. The number of aliphatic hydroxyl groups is 1. The predicted molar refractivity (Wildman–Crippen MR) is 194 cm³/mol. The van der Waals surface area contributed by atoms with E-state index in [0.29, 0.717) is 31.7 Å². The minimum atomic E-state index is -4.05. The van der Waals surface area contributed by atoms with E-state index in [-0.39, 0.29) is 42.3 Å². The third-order valence-electron chi connectivity index (χ3n) is 8.42. The first-order valence-corrected chi connectivity index (χ1v) is 19.1. The van der Waals surface area contributed by atoms with E-state index in [1.807, 2.05) is 70.5 Å². The van der Waals surface area contributed by atoms with E-state index < -0.39 is 34.1 Å². The number of carbonyl (C=O) groups excluding carboxylic acids is 2. The summed E-state index contributed by atoms with van der Waals surface area (Å²) in [5.41, 5.74) is 2.17. The third kappa shape index (κ3) is 10.1. The summed E-state index contributed by atoms with van der Waals surface area (Å²) in [5.74, 6) is -0.723. The van der Waals surface area contributed by atoms with Gasteiger partial charge in [0.15, 0.2) is 0 Å². The SMILES string of the molecule is CNCc1nc(CN2CCN([C@H](C(=O)N[C@@H](Cc3ccccc3)[C@H](O)CN(CC(C)C)S(=O)(=O)c3ccc(C=NO)cc3)C(C)C)C2=O)cs1. The highest BCUT2D eigenvalue weighted by molar-refractivity contribution is 7.89. The number of sulfonamides is 1. The molecule has 272 valence electrons. The van der Waals surface area contributed by atoms with Crippen molar-refractivity contribution in [2.45, 2.75) is 70.3 Å². The molecule has 1 saturated heterocycles. The summed E-state index contributed by atoms with van der Waals surface area (Å²) in [6.45, 7) is 9.18. The fourth-order valence-corrected chi connectivity index (χ4v) is 8.45. The van der Waals surface area contributed by atoms with Gasteiger partial charge in [-0.3, -0.25) is 4.79 Å². The van der Waals surface area contributed by atoms with Gasteiger partial charge in [-0.05, 0) is 48.6 Å². The zero-order valence-electron chi connectivity index (χ0n) is 29.3. The summed E-state index contributed by atoms with van der Waals surface area (Å²) in [7, 11) is -2.20. The minimum Gasteiger partial charge on any atom is -0.411 e. The van der Waals surface area contributed by atoms with Crippen molar-refractivity contribution in [2.24, 2.45) is 17.0 Å². The number of hydrogen-bond donors (Lipinski definition) is 4. The number of nitrogens with zero attached hydrogens (tertiary/aromatic N) is 5. The quantitative estimate of drug-likeness (QED) is 0.0880. The van der Waals surface area contributed by atoms with Gasteiger partial charge in [-0.15, -0.1) is 11.3 Å². The number of benzene rings is 2. The van der Waals surface area contributed by atoms with Crippen LogP contribution in [0.5, 0.6) is 0 Å². The van der Waals surface area contributed by atoms with Crippen LogP contribution in [0.2, 0.25) is 0 Å². The molecule has 1 aliphatic rings. The van der Waals surface area contributed by atoms with E-state index in [1.165, 1.54) is 46.1 Å². The Morgan fingerprint density at radius 3 is 2.40 bits per heavy atom. The molecule has 2 heterocycles. The molecular formula is C35H49N7O6S2. The molecule has 3 aromatic rings. The fraction of sp³-hybridized carbons (Fsp3) is 0.486. The van der Waals surface area contributed by atoms with E-state index in [4.69, 9.17) is 5.21 Å². The molecule has 3 amide bonds. The van der Waals surface area contributed by atoms with Crippen molar-refractivity contribution in [1.82, 2.24) is 29.7 Å². The lowest BCUT2D eigenvalue weighted by Crippen LogP contribution is -2.57. The van der Waals surface area contributed by atoms with Crippen LogP contribution in [0.1, 0.15) is 49.5 Å². The zero-order valence-corrected chi connectivity index (χ0v) is 30.9. The second-order valence-electron chi connectivity index (χ2n) is 13.3. The molecule has 4 N–H and O–H groups in total. The number of aliphatic hydroxyl groups excluding tert-OH is 1. The number of hydrogen-bond acceptors (Lipinski definition) is 10.